The normalized spacial score (nSPS) is 11.2. The quantitative estimate of drug-likeness (QED) is 0.383. The van der Waals surface area contributed by atoms with Crippen molar-refractivity contribution in [3.63, 3.8) is 0 Å². The van der Waals surface area contributed by atoms with E-state index in [1.54, 1.807) is 13.2 Å². The molecule has 0 bridgehead atoms. The number of nitrogens with two attached hydrogens (primary N) is 1. The minimum Gasteiger partial charge on any atom is -0.497 e. The Morgan fingerprint density at radius 2 is 1.62 bits per heavy atom. The molecular weight excluding hydrogens is 396 g/mol. The summed E-state index contributed by atoms with van der Waals surface area (Å²) < 4.78 is 7.58. The summed E-state index contributed by atoms with van der Waals surface area (Å²) >= 11 is 0. The van der Waals surface area contributed by atoms with Crippen LogP contribution in [0.4, 0.5) is 0 Å². The fourth-order valence-corrected chi connectivity index (χ4v) is 4.44. The van der Waals surface area contributed by atoms with Gasteiger partial charge in [-0.05, 0) is 59.5 Å². The SMILES string of the molecule is COc1ccc(-c2ccc3c4c(C(N)=O)cccc4n(Cc4ccccc4C)c3c2)cc1. The van der Waals surface area contributed by atoms with Gasteiger partial charge < -0.3 is 15.0 Å². The highest BCUT2D eigenvalue weighted by Gasteiger charge is 2.17. The van der Waals surface area contributed by atoms with E-state index in [2.05, 4.69) is 72.2 Å². The maximum Gasteiger partial charge on any atom is 0.249 e. The number of hydrogen-bond acceptors (Lipinski definition) is 2. The zero-order valence-electron chi connectivity index (χ0n) is 18.1. The van der Waals surface area contributed by atoms with Crippen molar-refractivity contribution in [3.8, 4) is 16.9 Å². The predicted octanol–water partition coefficient (Wildman–Crippen LogP) is 5.93. The van der Waals surface area contributed by atoms with Crippen LogP contribution >= 0.6 is 0 Å². The van der Waals surface area contributed by atoms with Gasteiger partial charge in [-0.15, -0.1) is 0 Å². The summed E-state index contributed by atoms with van der Waals surface area (Å²) in [5.74, 6) is 0.416. The molecular formula is C28H24N2O2. The van der Waals surface area contributed by atoms with Crippen molar-refractivity contribution in [3.05, 3.63) is 102 Å². The largest absolute Gasteiger partial charge is 0.497 e. The van der Waals surface area contributed by atoms with Crippen LogP contribution in [-0.2, 0) is 6.54 Å². The summed E-state index contributed by atoms with van der Waals surface area (Å²) in [7, 11) is 1.67. The third kappa shape index (κ3) is 3.30. The maximum atomic E-state index is 12.2. The number of aryl methyl sites for hydroxylation is 1. The Morgan fingerprint density at radius 3 is 2.34 bits per heavy atom. The van der Waals surface area contributed by atoms with Crippen LogP contribution in [0.15, 0.2) is 84.9 Å². The van der Waals surface area contributed by atoms with Gasteiger partial charge in [0.1, 0.15) is 5.75 Å². The Morgan fingerprint density at radius 1 is 0.875 bits per heavy atom. The van der Waals surface area contributed by atoms with E-state index in [1.165, 1.54) is 11.1 Å². The molecule has 0 aliphatic rings. The second-order valence-corrected chi connectivity index (χ2v) is 8.04. The number of carbonyl (C=O) groups excluding carboxylic acids is 1. The highest BCUT2D eigenvalue weighted by atomic mass is 16.5. The summed E-state index contributed by atoms with van der Waals surface area (Å²) in [4.78, 5) is 12.2. The van der Waals surface area contributed by atoms with Gasteiger partial charge in [-0.2, -0.15) is 0 Å². The van der Waals surface area contributed by atoms with Crippen LogP contribution in [0, 0.1) is 6.92 Å². The molecule has 0 radical (unpaired) electrons. The topological polar surface area (TPSA) is 57.2 Å². The highest BCUT2D eigenvalue weighted by molar-refractivity contribution is 6.18. The molecule has 0 unspecified atom stereocenters. The van der Waals surface area contributed by atoms with Crippen LogP contribution < -0.4 is 10.5 Å². The lowest BCUT2D eigenvalue weighted by Gasteiger charge is -2.11. The fraction of sp³-hybridized carbons (Fsp3) is 0.107. The van der Waals surface area contributed by atoms with Crippen molar-refractivity contribution in [2.45, 2.75) is 13.5 Å². The third-order valence-corrected chi connectivity index (χ3v) is 6.17. The van der Waals surface area contributed by atoms with Gasteiger partial charge in [0.05, 0.1) is 18.1 Å². The lowest BCUT2D eigenvalue weighted by molar-refractivity contribution is 0.100. The lowest BCUT2D eigenvalue weighted by Crippen LogP contribution is -2.11. The molecule has 5 rings (SSSR count). The average molecular weight is 421 g/mol. The lowest BCUT2D eigenvalue weighted by atomic mass is 10.0. The molecule has 158 valence electrons. The number of benzene rings is 4. The molecule has 32 heavy (non-hydrogen) atoms. The molecule has 0 aliphatic heterocycles. The third-order valence-electron chi connectivity index (χ3n) is 6.17. The molecule has 4 heteroatoms. The number of methoxy groups -OCH3 is 1. The Labute approximate surface area is 186 Å². The van der Waals surface area contributed by atoms with Crippen molar-refractivity contribution < 1.29 is 9.53 Å². The number of ether oxygens (including phenoxy) is 1. The van der Waals surface area contributed by atoms with Crippen LogP contribution in [-0.4, -0.2) is 17.6 Å². The number of nitrogens with zero attached hydrogens (tertiary/aromatic N) is 1. The Bertz CT molecular complexity index is 1460. The summed E-state index contributed by atoms with van der Waals surface area (Å²) in [6.45, 7) is 2.84. The van der Waals surface area contributed by atoms with Crippen molar-refractivity contribution in [1.82, 2.24) is 4.57 Å². The highest BCUT2D eigenvalue weighted by Crippen LogP contribution is 2.35. The molecule has 1 amide bonds. The van der Waals surface area contributed by atoms with Gasteiger partial charge in [0.15, 0.2) is 0 Å². The van der Waals surface area contributed by atoms with Crippen LogP contribution in [0.1, 0.15) is 21.5 Å². The van der Waals surface area contributed by atoms with E-state index >= 15 is 0 Å². The van der Waals surface area contributed by atoms with Crippen molar-refractivity contribution in [2.24, 2.45) is 5.73 Å². The smallest absolute Gasteiger partial charge is 0.249 e. The number of amides is 1. The zero-order valence-corrected chi connectivity index (χ0v) is 18.1. The summed E-state index contributed by atoms with van der Waals surface area (Å²) in [6, 6.07) is 28.6. The van der Waals surface area contributed by atoms with E-state index < -0.39 is 5.91 Å². The van der Waals surface area contributed by atoms with Gasteiger partial charge in [0, 0.05) is 22.9 Å². The zero-order chi connectivity index (χ0) is 22.2. The summed E-state index contributed by atoms with van der Waals surface area (Å²) in [6.07, 6.45) is 0. The Balaban J connectivity index is 1.78. The van der Waals surface area contributed by atoms with Gasteiger partial charge in [0.2, 0.25) is 5.91 Å². The molecule has 2 N–H and O–H groups in total. The van der Waals surface area contributed by atoms with Crippen molar-refractivity contribution in [1.29, 1.82) is 0 Å². The molecule has 1 heterocycles. The minimum absolute atomic E-state index is 0.412. The Hall–Kier alpha value is -4.05. The van der Waals surface area contributed by atoms with Crippen LogP contribution in [0.2, 0.25) is 0 Å². The number of primary amides is 1. The average Bonchev–Trinajstić information content (AvgIpc) is 3.13. The van der Waals surface area contributed by atoms with Gasteiger partial charge in [-0.3, -0.25) is 4.79 Å². The summed E-state index contributed by atoms with van der Waals surface area (Å²) in [5.41, 5.74) is 13.1. The number of rotatable bonds is 5. The van der Waals surface area contributed by atoms with Crippen LogP contribution in [0.3, 0.4) is 0 Å². The first-order valence-corrected chi connectivity index (χ1v) is 10.6. The van der Waals surface area contributed by atoms with E-state index in [0.29, 0.717) is 12.1 Å². The van der Waals surface area contributed by atoms with E-state index in [0.717, 1.165) is 38.7 Å². The molecule has 0 saturated heterocycles. The minimum atomic E-state index is -0.412. The van der Waals surface area contributed by atoms with E-state index in [1.807, 2.05) is 18.2 Å². The van der Waals surface area contributed by atoms with E-state index in [-0.39, 0.29) is 0 Å². The molecule has 5 aromatic rings. The number of aromatic nitrogens is 1. The van der Waals surface area contributed by atoms with Gasteiger partial charge in [0.25, 0.3) is 0 Å². The summed E-state index contributed by atoms with van der Waals surface area (Å²) in [5, 5.41) is 1.94. The molecule has 4 aromatic carbocycles. The van der Waals surface area contributed by atoms with Gasteiger partial charge in [-0.25, -0.2) is 0 Å². The molecule has 0 saturated carbocycles. The van der Waals surface area contributed by atoms with Gasteiger partial charge in [-0.1, -0.05) is 54.6 Å². The molecule has 4 nitrogen and oxygen atoms in total. The number of hydrogen-bond donors (Lipinski definition) is 1. The second-order valence-electron chi connectivity index (χ2n) is 8.04. The fourth-order valence-electron chi connectivity index (χ4n) is 4.44. The predicted molar refractivity (Wildman–Crippen MR) is 130 cm³/mol. The monoisotopic (exact) mass is 420 g/mol. The number of fused-ring (bicyclic) bond motifs is 3. The van der Waals surface area contributed by atoms with Gasteiger partial charge >= 0.3 is 0 Å². The van der Waals surface area contributed by atoms with E-state index in [9.17, 15) is 4.79 Å². The molecule has 0 aliphatic carbocycles. The number of carbonyl (C=O) groups is 1. The maximum absolute atomic E-state index is 12.2. The Kier molecular flexibility index (Phi) is 4.91. The van der Waals surface area contributed by atoms with E-state index in [4.69, 9.17) is 10.5 Å². The second kappa shape index (κ2) is 7.89. The van der Waals surface area contributed by atoms with Crippen LogP contribution in [0.25, 0.3) is 32.9 Å². The molecule has 1 aromatic heterocycles. The standard InChI is InChI=1S/C28H24N2O2/c1-18-6-3-4-7-21(18)17-30-25-9-5-8-24(28(29)31)27(25)23-15-12-20(16-26(23)30)19-10-13-22(32-2)14-11-19/h3-16H,17H2,1-2H3,(H2,29,31). The molecule has 0 atom stereocenters. The molecule has 0 spiro atoms. The van der Waals surface area contributed by atoms with Crippen molar-refractivity contribution in [2.75, 3.05) is 7.11 Å². The molecule has 0 fully saturated rings. The first-order valence-electron chi connectivity index (χ1n) is 10.6. The first-order chi connectivity index (χ1) is 15.6. The first kappa shape index (κ1) is 19.9. The van der Waals surface area contributed by atoms with Crippen molar-refractivity contribution >= 4 is 27.7 Å². The van der Waals surface area contributed by atoms with Crippen LogP contribution in [0.5, 0.6) is 5.75 Å².